The third-order valence-electron chi connectivity index (χ3n) is 4.12. The first-order valence-electron chi connectivity index (χ1n) is 8.47. The van der Waals surface area contributed by atoms with E-state index in [1.807, 2.05) is 18.2 Å². The van der Waals surface area contributed by atoms with Crippen molar-refractivity contribution in [2.24, 2.45) is 0 Å². The van der Waals surface area contributed by atoms with Crippen LogP contribution in [0.4, 0.5) is 5.13 Å². The van der Waals surface area contributed by atoms with Gasteiger partial charge < -0.3 is 4.74 Å². The molecule has 0 aliphatic heterocycles. The smallest absolute Gasteiger partial charge is 0.267 e. The van der Waals surface area contributed by atoms with Crippen molar-refractivity contribution < 1.29 is 22.5 Å². The maximum Gasteiger partial charge on any atom is 0.267 e. The van der Waals surface area contributed by atoms with E-state index < -0.39 is 21.3 Å². The minimum absolute atomic E-state index is 0.00586. The SMILES string of the molecule is COc1ccccc1-c1cnccc1C(=O)Nc1nnc(CC(C)S(=O)(=O)O)s1. The number of carbonyl (C=O) groups excluding carboxylic acids is 1. The van der Waals surface area contributed by atoms with Crippen LogP contribution < -0.4 is 10.1 Å². The Kier molecular flexibility index (Phi) is 6.20. The van der Waals surface area contributed by atoms with Crippen LogP contribution in [0.1, 0.15) is 22.3 Å². The molecule has 0 fully saturated rings. The van der Waals surface area contributed by atoms with E-state index >= 15 is 0 Å². The normalized spacial score (nSPS) is 12.4. The highest BCUT2D eigenvalue weighted by atomic mass is 32.2. The lowest BCUT2D eigenvalue weighted by Crippen LogP contribution is -2.18. The van der Waals surface area contributed by atoms with Gasteiger partial charge in [-0.1, -0.05) is 29.5 Å². The van der Waals surface area contributed by atoms with E-state index in [2.05, 4.69) is 20.5 Å². The number of benzene rings is 1. The zero-order chi connectivity index (χ0) is 21.0. The number of hydrogen-bond donors (Lipinski definition) is 2. The topological polar surface area (TPSA) is 131 Å². The van der Waals surface area contributed by atoms with Crippen LogP contribution in [0.15, 0.2) is 42.7 Å². The van der Waals surface area contributed by atoms with Crippen LogP contribution in [0.3, 0.4) is 0 Å². The molecule has 1 aromatic carbocycles. The molecule has 2 N–H and O–H groups in total. The predicted molar refractivity (Wildman–Crippen MR) is 109 cm³/mol. The summed E-state index contributed by atoms with van der Waals surface area (Å²) in [6, 6.07) is 8.86. The van der Waals surface area contributed by atoms with Gasteiger partial charge in [0, 0.05) is 29.9 Å². The van der Waals surface area contributed by atoms with Crippen molar-refractivity contribution in [3.63, 3.8) is 0 Å². The molecule has 1 unspecified atom stereocenters. The number of aromatic nitrogens is 3. The van der Waals surface area contributed by atoms with E-state index in [0.29, 0.717) is 27.4 Å². The van der Waals surface area contributed by atoms with E-state index in [4.69, 9.17) is 9.29 Å². The van der Waals surface area contributed by atoms with Gasteiger partial charge in [-0.05, 0) is 19.1 Å². The Morgan fingerprint density at radius 2 is 2.00 bits per heavy atom. The van der Waals surface area contributed by atoms with Crippen molar-refractivity contribution in [1.82, 2.24) is 15.2 Å². The highest BCUT2D eigenvalue weighted by molar-refractivity contribution is 7.86. The van der Waals surface area contributed by atoms with Gasteiger partial charge in [0.05, 0.1) is 17.9 Å². The van der Waals surface area contributed by atoms with E-state index in [0.717, 1.165) is 11.3 Å². The molecule has 9 nitrogen and oxygen atoms in total. The molecule has 0 spiro atoms. The fraction of sp³-hybridized carbons (Fsp3) is 0.222. The van der Waals surface area contributed by atoms with Crippen molar-refractivity contribution in [1.29, 1.82) is 0 Å². The second-order valence-electron chi connectivity index (χ2n) is 6.11. The van der Waals surface area contributed by atoms with Crippen molar-refractivity contribution in [2.75, 3.05) is 12.4 Å². The van der Waals surface area contributed by atoms with Gasteiger partial charge in [-0.25, -0.2) is 0 Å². The van der Waals surface area contributed by atoms with Gasteiger partial charge in [-0.3, -0.25) is 19.6 Å². The van der Waals surface area contributed by atoms with E-state index in [9.17, 15) is 13.2 Å². The number of methoxy groups -OCH3 is 1. The summed E-state index contributed by atoms with van der Waals surface area (Å²) in [5.74, 6) is 0.186. The fourth-order valence-corrected chi connectivity index (χ4v) is 3.91. The zero-order valence-corrected chi connectivity index (χ0v) is 17.2. The van der Waals surface area contributed by atoms with Crippen LogP contribution in [0.25, 0.3) is 11.1 Å². The van der Waals surface area contributed by atoms with E-state index in [1.165, 1.54) is 13.1 Å². The molecule has 0 aliphatic rings. The number of hydrogen-bond acceptors (Lipinski definition) is 8. The lowest BCUT2D eigenvalue weighted by molar-refractivity contribution is 0.102. The van der Waals surface area contributed by atoms with Crippen molar-refractivity contribution in [2.45, 2.75) is 18.6 Å². The monoisotopic (exact) mass is 434 g/mol. The standard InChI is InChI=1S/C18H18N4O5S2/c1-11(29(24,25)26)9-16-21-22-18(28-16)20-17(23)13-7-8-19-10-14(13)12-5-3-4-6-15(12)27-2/h3-8,10-11H,9H2,1-2H3,(H,20,22,23)(H,24,25,26). The van der Waals surface area contributed by atoms with Crippen molar-refractivity contribution in [3.05, 3.63) is 53.3 Å². The average molecular weight is 434 g/mol. The Balaban J connectivity index is 1.83. The summed E-state index contributed by atoms with van der Waals surface area (Å²) in [5, 5.41) is 9.99. The second kappa shape index (κ2) is 8.64. The fourth-order valence-electron chi connectivity index (χ4n) is 2.58. The Hall–Kier alpha value is -2.89. The quantitative estimate of drug-likeness (QED) is 0.543. The minimum atomic E-state index is -4.17. The number of para-hydroxylation sites is 1. The Morgan fingerprint density at radius 3 is 2.72 bits per heavy atom. The molecule has 3 rings (SSSR count). The van der Waals surface area contributed by atoms with E-state index in [1.54, 1.807) is 25.4 Å². The maximum atomic E-state index is 12.8. The lowest BCUT2D eigenvalue weighted by Gasteiger charge is -2.11. The summed E-state index contributed by atoms with van der Waals surface area (Å²) in [6.45, 7) is 1.37. The molecule has 11 heteroatoms. The molecule has 1 amide bonds. The Morgan fingerprint density at radius 1 is 1.24 bits per heavy atom. The molecule has 0 aliphatic carbocycles. The summed E-state index contributed by atoms with van der Waals surface area (Å²) in [5.41, 5.74) is 1.67. The molecule has 29 heavy (non-hydrogen) atoms. The number of nitrogens with one attached hydrogen (secondary N) is 1. The molecular weight excluding hydrogens is 416 g/mol. The van der Waals surface area contributed by atoms with Crippen LogP contribution in [-0.4, -0.2) is 46.4 Å². The summed E-state index contributed by atoms with van der Waals surface area (Å²) in [4.78, 5) is 16.9. The number of nitrogens with zero attached hydrogens (tertiary/aromatic N) is 3. The summed E-state index contributed by atoms with van der Waals surface area (Å²) in [6.07, 6.45) is 3.08. The summed E-state index contributed by atoms with van der Waals surface area (Å²) >= 11 is 1.04. The average Bonchev–Trinajstić information content (AvgIpc) is 3.13. The number of carbonyl (C=O) groups is 1. The van der Waals surface area contributed by atoms with Crippen LogP contribution in [0.5, 0.6) is 5.75 Å². The molecule has 3 aromatic rings. The van der Waals surface area contributed by atoms with Crippen LogP contribution in [0.2, 0.25) is 0 Å². The molecular formula is C18H18N4O5S2. The molecule has 2 heterocycles. The van der Waals surface area contributed by atoms with Gasteiger partial charge >= 0.3 is 0 Å². The Labute approximate surface area is 171 Å². The highest BCUT2D eigenvalue weighted by Gasteiger charge is 2.21. The van der Waals surface area contributed by atoms with Crippen LogP contribution in [0, 0.1) is 0 Å². The first-order chi connectivity index (χ1) is 13.8. The highest BCUT2D eigenvalue weighted by Crippen LogP contribution is 2.32. The first-order valence-corrected chi connectivity index (χ1v) is 10.8. The molecule has 0 bridgehead atoms. The number of ether oxygens (including phenoxy) is 1. The van der Waals surface area contributed by atoms with Crippen molar-refractivity contribution in [3.8, 4) is 16.9 Å². The summed E-state index contributed by atoms with van der Waals surface area (Å²) < 4.78 is 36.8. The Bertz CT molecular complexity index is 1130. The molecule has 0 saturated carbocycles. The third kappa shape index (κ3) is 4.94. The molecule has 152 valence electrons. The largest absolute Gasteiger partial charge is 0.496 e. The van der Waals surface area contributed by atoms with Crippen molar-refractivity contribution >= 4 is 32.5 Å². The van der Waals surface area contributed by atoms with Gasteiger partial charge in [-0.2, -0.15) is 8.42 Å². The van der Waals surface area contributed by atoms with Gasteiger partial charge in [0.25, 0.3) is 16.0 Å². The lowest BCUT2D eigenvalue weighted by atomic mass is 10.0. The van der Waals surface area contributed by atoms with E-state index in [-0.39, 0.29) is 11.6 Å². The predicted octanol–water partition coefficient (Wildman–Crippen LogP) is 2.68. The number of amides is 1. The minimum Gasteiger partial charge on any atom is -0.496 e. The van der Waals surface area contributed by atoms with Gasteiger partial charge in [0.2, 0.25) is 5.13 Å². The summed E-state index contributed by atoms with van der Waals surface area (Å²) in [7, 11) is -2.62. The number of anilines is 1. The third-order valence-corrected chi connectivity index (χ3v) is 6.17. The number of pyridine rings is 1. The maximum absolute atomic E-state index is 12.8. The molecule has 2 aromatic heterocycles. The number of rotatable bonds is 7. The molecule has 0 saturated heterocycles. The van der Waals surface area contributed by atoms with Gasteiger partial charge in [-0.15, -0.1) is 10.2 Å². The van der Waals surface area contributed by atoms with Gasteiger partial charge in [0.15, 0.2) is 0 Å². The molecule has 1 atom stereocenters. The zero-order valence-electron chi connectivity index (χ0n) is 15.6. The molecule has 0 radical (unpaired) electrons. The van der Waals surface area contributed by atoms with Crippen LogP contribution in [-0.2, 0) is 16.5 Å². The van der Waals surface area contributed by atoms with Gasteiger partial charge in [0.1, 0.15) is 10.8 Å². The second-order valence-corrected chi connectivity index (χ2v) is 9.00. The van der Waals surface area contributed by atoms with Crippen LogP contribution >= 0.6 is 11.3 Å². The first kappa shape index (κ1) is 20.8.